The maximum atomic E-state index is 13.5. The number of ether oxygens (including phenoxy) is 2. The number of aryl methyl sites for hydroxylation is 1. The Morgan fingerprint density at radius 2 is 1.90 bits per heavy atom. The van der Waals surface area contributed by atoms with Crippen LogP contribution in [-0.2, 0) is 0 Å². The van der Waals surface area contributed by atoms with Gasteiger partial charge in [0.2, 0.25) is 0 Å². The fourth-order valence-corrected chi connectivity index (χ4v) is 1.93. The standard InChI is InChI=1S/C16H16FNO3/c1-10-7-8-11(9-13(10)17)18-16(19)12-5-4-6-14(20-2)15(12)21-3/h4-9H,1-3H3,(H,18,19). The molecule has 0 saturated heterocycles. The van der Waals surface area contributed by atoms with E-state index >= 15 is 0 Å². The van der Waals surface area contributed by atoms with Gasteiger partial charge in [-0.3, -0.25) is 4.79 Å². The predicted molar refractivity (Wildman–Crippen MR) is 78.6 cm³/mol. The molecule has 5 heteroatoms. The summed E-state index contributed by atoms with van der Waals surface area (Å²) in [6.45, 7) is 1.66. The average molecular weight is 289 g/mol. The number of methoxy groups -OCH3 is 2. The average Bonchev–Trinajstić information content (AvgIpc) is 2.49. The van der Waals surface area contributed by atoms with E-state index in [1.165, 1.54) is 20.3 Å². The Morgan fingerprint density at radius 3 is 2.52 bits per heavy atom. The first-order chi connectivity index (χ1) is 10.1. The summed E-state index contributed by atoms with van der Waals surface area (Å²) in [5.41, 5.74) is 1.22. The molecule has 0 unspecified atom stereocenters. The van der Waals surface area contributed by atoms with Crippen molar-refractivity contribution in [3.8, 4) is 11.5 Å². The molecule has 0 bridgehead atoms. The zero-order chi connectivity index (χ0) is 15.4. The molecule has 1 amide bonds. The Labute approximate surface area is 122 Å². The van der Waals surface area contributed by atoms with Crippen molar-refractivity contribution in [3.05, 3.63) is 53.3 Å². The highest BCUT2D eigenvalue weighted by Gasteiger charge is 2.16. The summed E-state index contributed by atoms with van der Waals surface area (Å²) in [5.74, 6) is 0.0322. The van der Waals surface area contributed by atoms with Crippen LogP contribution in [0, 0.1) is 12.7 Å². The fraction of sp³-hybridized carbons (Fsp3) is 0.188. The number of amides is 1. The highest BCUT2D eigenvalue weighted by Crippen LogP contribution is 2.31. The van der Waals surface area contributed by atoms with E-state index in [-0.39, 0.29) is 5.82 Å². The smallest absolute Gasteiger partial charge is 0.259 e. The van der Waals surface area contributed by atoms with Crippen LogP contribution in [0.2, 0.25) is 0 Å². The van der Waals surface area contributed by atoms with Crippen LogP contribution in [0.4, 0.5) is 10.1 Å². The maximum Gasteiger partial charge on any atom is 0.259 e. The molecule has 0 aliphatic carbocycles. The van der Waals surface area contributed by atoms with Gasteiger partial charge in [-0.25, -0.2) is 4.39 Å². The van der Waals surface area contributed by atoms with Gasteiger partial charge in [0.25, 0.3) is 5.91 Å². The molecule has 0 aliphatic rings. The summed E-state index contributed by atoms with van der Waals surface area (Å²) in [6, 6.07) is 9.52. The van der Waals surface area contributed by atoms with Crippen LogP contribution in [0.5, 0.6) is 11.5 Å². The lowest BCUT2D eigenvalue weighted by Crippen LogP contribution is -2.13. The second kappa shape index (κ2) is 6.26. The number of carbonyl (C=O) groups excluding carboxylic acids is 1. The van der Waals surface area contributed by atoms with E-state index in [9.17, 15) is 9.18 Å². The van der Waals surface area contributed by atoms with Crippen molar-refractivity contribution in [1.29, 1.82) is 0 Å². The first-order valence-electron chi connectivity index (χ1n) is 6.35. The fourth-order valence-electron chi connectivity index (χ4n) is 1.93. The SMILES string of the molecule is COc1cccc(C(=O)Nc2ccc(C)c(F)c2)c1OC. The van der Waals surface area contributed by atoms with Crippen LogP contribution >= 0.6 is 0 Å². The highest BCUT2D eigenvalue weighted by atomic mass is 19.1. The van der Waals surface area contributed by atoms with Crippen molar-refractivity contribution in [2.45, 2.75) is 6.92 Å². The molecule has 2 rings (SSSR count). The molecule has 0 fully saturated rings. The summed E-state index contributed by atoms with van der Waals surface area (Å²) < 4.78 is 23.9. The number of rotatable bonds is 4. The Kier molecular flexibility index (Phi) is 4.42. The van der Waals surface area contributed by atoms with Crippen LogP contribution in [0.25, 0.3) is 0 Å². The summed E-state index contributed by atoms with van der Waals surface area (Å²) in [7, 11) is 2.95. The lowest BCUT2D eigenvalue weighted by molar-refractivity contribution is 0.102. The van der Waals surface area contributed by atoms with Crippen LogP contribution in [0.3, 0.4) is 0 Å². The zero-order valence-corrected chi connectivity index (χ0v) is 12.1. The van der Waals surface area contributed by atoms with Crippen LogP contribution in [0.15, 0.2) is 36.4 Å². The third-order valence-corrected chi connectivity index (χ3v) is 3.08. The van der Waals surface area contributed by atoms with E-state index in [4.69, 9.17) is 9.47 Å². The van der Waals surface area contributed by atoms with Gasteiger partial charge in [-0.1, -0.05) is 12.1 Å². The summed E-state index contributed by atoms with van der Waals surface area (Å²) >= 11 is 0. The number of halogens is 1. The molecule has 21 heavy (non-hydrogen) atoms. The van der Waals surface area contributed by atoms with Crippen LogP contribution < -0.4 is 14.8 Å². The number of anilines is 1. The van der Waals surface area contributed by atoms with Crippen molar-refractivity contribution in [3.63, 3.8) is 0 Å². The van der Waals surface area contributed by atoms with Gasteiger partial charge < -0.3 is 14.8 Å². The summed E-state index contributed by atoms with van der Waals surface area (Å²) in [6.07, 6.45) is 0. The molecule has 0 spiro atoms. The van der Waals surface area contributed by atoms with Gasteiger partial charge in [0.05, 0.1) is 19.8 Å². The van der Waals surface area contributed by atoms with E-state index in [1.54, 1.807) is 37.3 Å². The van der Waals surface area contributed by atoms with E-state index in [0.29, 0.717) is 28.3 Å². The number of hydrogen-bond acceptors (Lipinski definition) is 3. The minimum absolute atomic E-state index is 0.317. The molecule has 0 aromatic heterocycles. The second-order valence-corrected chi connectivity index (χ2v) is 4.46. The highest BCUT2D eigenvalue weighted by molar-refractivity contribution is 6.06. The van der Waals surface area contributed by atoms with E-state index in [2.05, 4.69) is 5.32 Å². The Balaban J connectivity index is 2.30. The summed E-state index contributed by atoms with van der Waals surface area (Å²) in [4.78, 5) is 12.3. The van der Waals surface area contributed by atoms with Crippen molar-refractivity contribution in [2.75, 3.05) is 19.5 Å². The molecular formula is C16H16FNO3. The quantitative estimate of drug-likeness (QED) is 0.938. The van der Waals surface area contributed by atoms with E-state index in [1.807, 2.05) is 0 Å². The second-order valence-electron chi connectivity index (χ2n) is 4.46. The lowest BCUT2D eigenvalue weighted by Gasteiger charge is -2.12. The molecule has 0 aliphatic heterocycles. The summed E-state index contributed by atoms with van der Waals surface area (Å²) in [5, 5.41) is 2.64. The third-order valence-electron chi connectivity index (χ3n) is 3.08. The first kappa shape index (κ1) is 14.8. The molecule has 4 nitrogen and oxygen atoms in total. The monoisotopic (exact) mass is 289 g/mol. The molecule has 2 aromatic carbocycles. The van der Waals surface area contributed by atoms with Crippen LogP contribution in [0.1, 0.15) is 15.9 Å². The van der Waals surface area contributed by atoms with E-state index in [0.717, 1.165) is 0 Å². The number of nitrogens with one attached hydrogen (secondary N) is 1. The van der Waals surface area contributed by atoms with Gasteiger partial charge in [0, 0.05) is 5.69 Å². The zero-order valence-electron chi connectivity index (χ0n) is 12.1. The van der Waals surface area contributed by atoms with Gasteiger partial charge in [-0.2, -0.15) is 0 Å². The van der Waals surface area contributed by atoms with Gasteiger partial charge in [-0.15, -0.1) is 0 Å². The van der Waals surface area contributed by atoms with Gasteiger partial charge in [-0.05, 0) is 36.8 Å². The van der Waals surface area contributed by atoms with Crippen molar-refractivity contribution < 1.29 is 18.7 Å². The number of para-hydroxylation sites is 1. The van der Waals surface area contributed by atoms with Crippen molar-refractivity contribution in [1.82, 2.24) is 0 Å². The van der Waals surface area contributed by atoms with Crippen LogP contribution in [-0.4, -0.2) is 20.1 Å². The van der Waals surface area contributed by atoms with E-state index < -0.39 is 5.91 Å². The molecule has 0 radical (unpaired) electrons. The first-order valence-corrected chi connectivity index (χ1v) is 6.35. The van der Waals surface area contributed by atoms with Gasteiger partial charge in [0.1, 0.15) is 5.82 Å². The third kappa shape index (κ3) is 3.13. The van der Waals surface area contributed by atoms with Crippen molar-refractivity contribution in [2.24, 2.45) is 0 Å². The molecule has 2 aromatic rings. The Bertz CT molecular complexity index is 671. The minimum atomic E-state index is -0.394. The minimum Gasteiger partial charge on any atom is -0.493 e. The number of carbonyl (C=O) groups is 1. The molecule has 0 saturated carbocycles. The predicted octanol–water partition coefficient (Wildman–Crippen LogP) is 3.40. The van der Waals surface area contributed by atoms with Gasteiger partial charge >= 0.3 is 0 Å². The Morgan fingerprint density at radius 1 is 1.14 bits per heavy atom. The van der Waals surface area contributed by atoms with Crippen molar-refractivity contribution >= 4 is 11.6 Å². The molecule has 110 valence electrons. The molecule has 0 heterocycles. The van der Waals surface area contributed by atoms with Gasteiger partial charge in [0.15, 0.2) is 11.5 Å². The Hall–Kier alpha value is -2.56. The maximum absolute atomic E-state index is 13.5. The topological polar surface area (TPSA) is 47.6 Å². The largest absolute Gasteiger partial charge is 0.493 e. The molecule has 0 atom stereocenters. The molecule has 1 N–H and O–H groups in total. The number of hydrogen-bond donors (Lipinski definition) is 1. The normalized spacial score (nSPS) is 10.1. The number of benzene rings is 2. The molecular weight excluding hydrogens is 273 g/mol. The lowest BCUT2D eigenvalue weighted by atomic mass is 10.1.